The molecule has 2 rings (SSSR count). The molecule has 0 fully saturated rings. The minimum atomic E-state index is -0.483. The van der Waals surface area contributed by atoms with Crippen LogP contribution in [0.2, 0.25) is 0 Å². The molecule has 0 aliphatic rings. The third kappa shape index (κ3) is 2.67. The van der Waals surface area contributed by atoms with Gasteiger partial charge in [-0.3, -0.25) is 0 Å². The normalized spacial score (nSPS) is 10.4. The molecule has 0 unspecified atom stereocenters. The minimum absolute atomic E-state index is 0.275. The lowest BCUT2D eigenvalue weighted by molar-refractivity contribution is 0.0525. The number of nitrogens with zero attached hydrogens (tertiary/aromatic N) is 2. The molecular weight excluding hydrogens is 328 g/mol. The van der Waals surface area contributed by atoms with E-state index >= 15 is 0 Å². The van der Waals surface area contributed by atoms with E-state index in [1.165, 1.54) is 7.11 Å². The van der Waals surface area contributed by atoms with Crippen LogP contribution in [0.4, 0.5) is 0 Å². The maximum atomic E-state index is 12.0. The molecule has 2 heterocycles. The molecular formula is C13H13BrN2O4. The Hall–Kier alpha value is -1.89. The summed E-state index contributed by atoms with van der Waals surface area (Å²) >= 11 is 3.33. The van der Waals surface area contributed by atoms with Gasteiger partial charge in [0.1, 0.15) is 17.0 Å². The van der Waals surface area contributed by atoms with Gasteiger partial charge in [0.05, 0.1) is 19.3 Å². The summed E-state index contributed by atoms with van der Waals surface area (Å²) in [4.78, 5) is 16.1. The quantitative estimate of drug-likeness (QED) is 0.796. The summed E-state index contributed by atoms with van der Waals surface area (Å²) in [6.45, 7) is 3.67. The van der Waals surface area contributed by atoms with Crippen molar-refractivity contribution in [2.75, 3.05) is 13.7 Å². The van der Waals surface area contributed by atoms with Gasteiger partial charge < -0.3 is 14.0 Å². The van der Waals surface area contributed by atoms with Crippen LogP contribution in [-0.2, 0) is 4.74 Å². The van der Waals surface area contributed by atoms with Gasteiger partial charge in [0, 0.05) is 10.7 Å². The van der Waals surface area contributed by atoms with Gasteiger partial charge >= 0.3 is 5.97 Å². The summed E-state index contributed by atoms with van der Waals surface area (Å²) in [5, 5.41) is 3.92. The second-order valence-electron chi connectivity index (χ2n) is 3.89. The van der Waals surface area contributed by atoms with Crippen molar-refractivity contribution in [3.05, 3.63) is 28.1 Å². The molecule has 20 heavy (non-hydrogen) atoms. The zero-order chi connectivity index (χ0) is 14.7. The summed E-state index contributed by atoms with van der Waals surface area (Å²) in [6.07, 6.45) is 1.60. The molecule has 0 amide bonds. The number of ether oxygens (including phenoxy) is 2. The number of esters is 1. The number of pyridine rings is 1. The lowest BCUT2D eigenvalue weighted by Crippen LogP contribution is -2.07. The Balaban J connectivity index is 2.59. The van der Waals surface area contributed by atoms with Crippen LogP contribution >= 0.6 is 15.9 Å². The molecule has 7 heteroatoms. The number of aromatic nitrogens is 2. The fourth-order valence-electron chi connectivity index (χ4n) is 1.76. The standard InChI is InChI=1S/C13H13BrN2O4/c1-4-19-13(17)10-7(2)20-16-11(10)9-5-8(14)6-15-12(9)18-3/h5-6H,4H2,1-3H3. The van der Waals surface area contributed by atoms with Gasteiger partial charge in [-0.15, -0.1) is 0 Å². The van der Waals surface area contributed by atoms with E-state index in [2.05, 4.69) is 26.1 Å². The van der Waals surface area contributed by atoms with E-state index in [1.54, 1.807) is 26.1 Å². The van der Waals surface area contributed by atoms with Crippen molar-refractivity contribution in [3.63, 3.8) is 0 Å². The lowest BCUT2D eigenvalue weighted by atomic mass is 10.1. The summed E-state index contributed by atoms with van der Waals surface area (Å²) in [5.41, 5.74) is 1.19. The molecule has 106 valence electrons. The average molecular weight is 341 g/mol. The first-order valence-corrected chi connectivity index (χ1v) is 6.71. The zero-order valence-corrected chi connectivity index (χ0v) is 12.9. The number of methoxy groups -OCH3 is 1. The fraction of sp³-hybridized carbons (Fsp3) is 0.308. The van der Waals surface area contributed by atoms with Crippen LogP contribution in [0.5, 0.6) is 5.88 Å². The fourth-order valence-corrected chi connectivity index (χ4v) is 2.09. The van der Waals surface area contributed by atoms with Crippen LogP contribution in [0.1, 0.15) is 23.0 Å². The molecule has 0 spiro atoms. The maximum absolute atomic E-state index is 12.0. The number of hydrogen-bond donors (Lipinski definition) is 0. The Kier molecular flexibility index (Phi) is 4.39. The molecule has 0 N–H and O–H groups in total. The van der Waals surface area contributed by atoms with Crippen LogP contribution in [0.15, 0.2) is 21.3 Å². The van der Waals surface area contributed by atoms with Crippen LogP contribution in [0.25, 0.3) is 11.3 Å². The van der Waals surface area contributed by atoms with Crippen molar-refractivity contribution in [2.24, 2.45) is 0 Å². The predicted octanol–water partition coefficient (Wildman–Crippen LogP) is 2.99. The number of carbonyl (C=O) groups excluding carboxylic acids is 1. The minimum Gasteiger partial charge on any atom is -0.481 e. The van der Waals surface area contributed by atoms with Gasteiger partial charge in [0.2, 0.25) is 5.88 Å². The third-order valence-corrected chi connectivity index (χ3v) is 3.04. The van der Waals surface area contributed by atoms with Gasteiger partial charge in [-0.2, -0.15) is 0 Å². The van der Waals surface area contributed by atoms with E-state index < -0.39 is 5.97 Å². The molecule has 0 bridgehead atoms. The molecule has 0 saturated carbocycles. The summed E-state index contributed by atoms with van der Waals surface area (Å²) < 4.78 is 16.1. The molecule has 0 atom stereocenters. The van der Waals surface area contributed by atoms with Crippen molar-refractivity contribution in [1.29, 1.82) is 0 Å². The van der Waals surface area contributed by atoms with E-state index in [-0.39, 0.29) is 12.2 Å². The smallest absolute Gasteiger partial charge is 0.344 e. The molecule has 2 aromatic heterocycles. The first-order valence-electron chi connectivity index (χ1n) is 5.91. The predicted molar refractivity (Wildman–Crippen MR) is 74.7 cm³/mol. The van der Waals surface area contributed by atoms with Crippen molar-refractivity contribution < 1.29 is 18.8 Å². The van der Waals surface area contributed by atoms with E-state index in [0.29, 0.717) is 22.9 Å². The molecule has 0 saturated heterocycles. The van der Waals surface area contributed by atoms with Crippen LogP contribution in [0.3, 0.4) is 0 Å². The van der Waals surface area contributed by atoms with Crippen molar-refractivity contribution in [2.45, 2.75) is 13.8 Å². The Morgan fingerprint density at radius 1 is 1.50 bits per heavy atom. The van der Waals surface area contributed by atoms with Gasteiger partial charge in [-0.25, -0.2) is 9.78 Å². The van der Waals surface area contributed by atoms with E-state index in [4.69, 9.17) is 14.0 Å². The van der Waals surface area contributed by atoms with Gasteiger partial charge in [0.25, 0.3) is 0 Å². The maximum Gasteiger partial charge on any atom is 0.344 e. The zero-order valence-electron chi connectivity index (χ0n) is 11.3. The number of halogens is 1. The molecule has 0 radical (unpaired) electrons. The second-order valence-corrected chi connectivity index (χ2v) is 4.81. The highest BCUT2D eigenvalue weighted by atomic mass is 79.9. The molecule has 0 aliphatic carbocycles. The monoisotopic (exact) mass is 340 g/mol. The highest BCUT2D eigenvalue weighted by Crippen LogP contribution is 2.33. The van der Waals surface area contributed by atoms with Crippen molar-refractivity contribution >= 4 is 21.9 Å². The van der Waals surface area contributed by atoms with E-state index in [9.17, 15) is 4.79 Å². The third-order valence-electron chi connectivity index (χ3n) is 2.61. The van der Waals surface area contributed by atoms with Crippen molar-refractivity contribution in [1.82, 2.24) is 10.1 Å². The van der Waals surface area contributed by atoms with Crippen LogP contribution < -0.4 is 4.74 Å². The van der Waals surface area contributed by atoms with E-state index in [1.807, 2.05) is 0 Å². The summed E-state index contributed by atoms with van der Waals surface area (Å²) in [6, 6.07) is 1.76. The van der Waals surface area contributed by atoms with Gasteiger partial charge in [0.15, 0.2) is 0 Å². The highest BCUT2D eigenvalue weighted by Gasteiger charge is 2.25. The Bertz CT molecular complexity index is 639. The van der Waals surface area contributed by atoms with Gasteiger partial charge in [-0.05, 0) is 35.8 Å². The number of carbonyl (C=O) groups is 1. The first-order chi connectivity index (χ1) is 9.58. The average Bonchev–Trinajstić information content (AvgIpc) is 2.80. The van der Waals surface area contributed by atoms with Crippen molar-refractivity contribution in [3.8, 4) is 17.1 Å². The molecule has 2 aromatic rings. The van der Waals surface area contributed by atoms with E-state index in [0.717, 1.165) is 4.47 Å². The van der Waals surface area contributed by atoms with Crippen LogP contribution in [0, 0.1) is 6.92 Å². The first kappa shape index (κ1) is 14.5. The van der Waals surface area contributed by atoms with Crippen LogP contribution in [-0.4, -0.2) is 29.8 Å². The number of rotatable bonds is 4. The molecule has 0 aromatic carbocycles. The molecule has 6 nitrogen and oxygen atoms in total. The largest absolute Gasteiger partial charge is 0.481 e. The number of aryl methyl sites for hydroxylation is 1. The summed E-state index contributed by atoms with van der Waals surface area (Å²) in [7, 11) is 1.50. The molecule has 0 aliphatic heterocycles. The lowest BCUT2D eigenvalue weighted by Gasteiger charge is -2.07. The SMILES string of the molecule is CCOC(=O)c1c(-c2cc(Br)cnc2OC)noc1C. The highest BCUT2D eigenvalue weighted by molar-refractivity contribution is 9.10. The van der Waals surface area contributed by atoms with Gasteiger partial charge in [-0.1, -0.05) is 5.16 Å². The Labute approximate surface area is 124 Å². The Morgan fingerprint density at radius 3 is 2.90 bits per heavy atom. The second kappa shape index (κ2) is 6.04. The Morgan fingerprint density at radius 2 is 2.25 bits per heavy atom. The number of hydrogen-bond acceptors (Lipinski definition) is 6. The summed E-state index contributed by atoms with van der Waals surface area (Å²) in [5.74, 6) is 0.260. The topological polar surface area (TPSA) is 74.5 Å².